The molecular formula is C10H7IOS2. The molecule has 14 heavy (non-hydrogen) atoms. The van der Waals surface area contributed by atoms with Crippen molar-refractivity contribution in [3.63, 3.8) is 0 Å². The zero-order chi connectivity index (χ0) is 9.97. The van der Waals surface area contributed by atoms with Gasteiger partial charge in [-0.05, 0) is 56.4 Å². The number of Topliss-reactive ketones (excluding diaryl/α,β-unsaturated/α-hetero) is 1. The van der Waals surface area contributed by atoms with Crippen LogP contribution in [-0.4, -0.2) is 5.78 Å². The van der Waals surface area contributed by atoms with Gasteiger partial charge in [-0.15, -0.1) is 11.3 Å². The summed E-state index contributed by atoms with van der Waals surface area (Å²) in [6.45, 7) is 0. The number of hydrogen-bond donors (Lipinski definition) is 0. The zero-order valence-electron chi connectivity index (χ0n) is 7.20. The van der Waals surface area contributed by atoms with Crippen molar-refractivity contribution in [1.29, 1.82) is 0 Å². The maximum absolute atomic E-state index is 11.8. The minimum atomic E-state index is 0.225. The summed E-state index contributed by atoms with van der Waals surface area (Å²) in [5, 5.41) is 5.99. The third-order valence-electron chi connectivity index (χ3n) is 1.82. The van der Waals surface area contributed by atoms with E-state index in [-0.39, 0.29) is 5.78 Å². The molecule has 0 aliphatic heterocycles. The van der Waals surface area contributed by atoms with Gasteiger partial charge in [0.05, 0.1) is 4.88 Å². The highest BCUT2D eigenvalue weighted by atomic mass is 127. The molecule has 0 aromatic carbocycles. The minimum absolute atomic E-state index is 0.225. The van der Waals surface area contributed by atoms with E-state index in [1.165, 1.54) is 11.3 Å². The van der Waals surface area contributed by atoms with Crippen molar-refractivity contribution in [2.75, 3.05) is 0 Å². The van der Waals surface area contributed by atoms with Gasteiger partial charge in [0.25, 0.3) is 0 Å². The smallest absolute Gasteiger partial charge is 0.178 e. The molecule has 0 radical (unpaired) electrons. The molecule has 0 atom stereocenters. The summed E-state index contributed by atoms with van der Waals surface area (Å²) < 4.78 is 1.06. The average molecular weight is 334 g/mol. The van der Waals surface area contributed by atoms with E-state index in [0.717, 1.165) is 14.0 Å². The first-order valence-corrected chi connectivity index (χ1v) is 6.95. The summed E-state index contributed by atoms with van der Waals surface area (Å²) in [4.78, 5) is 12.7. The molecule has 0 unspecified atom stereocenters. The fourth-order valence-corrected chi connectivity index (χ4v) is 3.65. The van der Waals surface area contributed by atoms with Crippen molar-refractivity contribution in [1.82, 2.24) is 0 Å². The third kappa shape index (κ3) is 2.24. The Balaban J connectivity index is 2.14. The van der Waals surface area contributed by atoms with Crippen LogP contribution >= 0.6 is 45.3 Å². The van der Waals surface area contributed by atoms with Crippen molar-refractivity contribution in [2.24, 2.45) is 0 Å². The van der Waals surface area contributed by atoms with Crippen molar-refractivity contribution < 1.29 is 4.79 Å². The molecule has 2 aromatic rings. The zero-order valence-corrected chi connectivity index (χ0v) is 11.0. The van der Waals surface area contributed by atoms with Crippen LogP contribution < -0.4 is 0 Å². The summed E-state index contributed by atoms with van der Waals surface area (Å²) >= 11 is 5.36. The molecule has 0 amide bonds. The first-order chi connectivity index (χ1) is 6.77. The SMILES string of the molecule is O=C(Cc1ccsc1)c1sccc1I. The van der Waals surface area contributed by atoms with Crippen LogP contribution in [0.1, 0.15) is 15.2 Å². The molecule has 2 aromatic heterocycles. The van der Waals surface area contributed by atoms with Crippen LogP contribution in [0.4, 0.5) is 0 Å². The summed E-state index contributed by atoms with van der Waals surface area (Å²) in [5.74, 6) is 0.225. The maximum Gasteiger partial charge on any atom is 0.178 e. The van der Waals surface area contributed by atoms with E-state index in [0.29, 0.717) is 6.42 Å². The first kappa shape index (κ1) is 10.3. The van der Waals surface area contributed by atoms with Crippen LogP contribution in [0.25, 0.3) is 0 Å². The Kier molecular flexibility index (Phi) is 3.35. The van der Waals surface area contributed by atoms with Gasteiger partial charge in [0.1, 0.15) is 0 Å². The van der Waals surface area contributed by atoms with Crippen molar-refractivity contribution in [3.05, 3.63) is 42.3 Å². The van der Waals surface area contributed by atoms with Gasteiger partial charge < -0.3 is 0 Å². The molecule has 0 aliphatic carbocycles. The monoisotopic (exact) mass is 334 g/mol. The summed E-state index contributed by atoms with van der Waals surface area (Å²) in [6, 6.07) is 3.98. The quantitative estimate of drug-likeness (QED) is 0.616. The van der Waals surface area contributed by atoms with E-state index >= 15 is 0 Å². The minimum Gasteiger partial charge on any atom is -0.293 e. The molecule has 0 spiro atoms. The van der Waals surface area contributed by atoms with Crippen LogP contribution in [-0.2, 0) is 6.42 Å². The lowest BCUT2D eigenvalue weighted by atomic mass is 10.1. The Labute approximate surface area is 104 Å². The average Bonchev–Trinajstić information content (AvgIpc) is 2.75. The molecule has 72 valence electrons. The Morgan fingerprint density at radius 3 is 2.79 bits per heavy atom. The number of ketones is 1. The number of rotatable bonds is 3. The number of hydrogen-bond acceptors (Lipinski definition) is 3. The van der Waals surface area contributed by atoms with Crippen LogP contribution in [0.2, 0.25) is 0 Å². The van der Waals surface area contributed by atoms with Crippen molar-refractivity contribution >= 4 is 51.0 Å². The fraction of sp³-hybridized carbons (Fsp3) is 0.100. The van der Waals surface area contributed by atoms with E-state index in [1.54, 1.807) is 11.3 Å². The van der Waals surface area contributed by atoms with Gasteiger partial charge in [-0.25, -0.2) is 0 Å². The number of halogens is 1. The second-order valence-corrected chi connectivity index (χ2v) is 5.69. The van der Waals surface area contributed by atoms with Crippen molar-refractivity contribution in [2.45, 2.75) is 6.42 Å². The summed E-state index contributed by atoms with van der Waals surface area (Å²) in [6.07, 6.45) is 0.528. The normalized spacial score (nSPS) is 10.4. The highest BCUT2D eigenvalue weighted by Crippen LogP contribution is 2.21. The first-order valence-electron chi connectivity index (χ1n) is 4.04. The second kappa shape index (κ2) is 4.55. The summed E-state index contributed by atoms with van der Waals surface area (Å²) in [5.41, 5.74) is 1.12. The fourth-order valence-electron chi connectivity index (χ4n) is 1.15. The van der Waals surface area contributed by atoms with Gasteiger partial charge in [-0.3, -0.25) is 4.79 Å². The van der Waals surface area contributed by atoms with Gasteiger partial charge in [-0.2, -0.15) is 11.3 Å². The molecular weight excluding hydrogens is 327 g/mol. The molecule has 0 saturated carbocycles. The van der Waals surface area contributed by atoms with E-state index in [2.05, 4.69) is 22.6 Å². The van der Waals surface area contributed by atoms with E-state index in [4.69, 9.17) is 0 Å². The van der Waals surface area contributed by atoms with Crippen LogP contribution in [0.3, 0.4) is 0 Å². The van der Waals surface area contributed by atoms with E-state index in [1.807, 2.05) is 28.3 Å². The van der Waals surface area contributed by atoms with E-state index < -0.39 is 0 Å². The Bertz CT molecular complexity index is 431. The van der Waals surface area contributed by atoms with Gasteiger partial charge in [0.15, 0.2) is 5.78 Å². The third-order valence-corrected chi connectivity index (χ3v) is 4.77. The molecule has 0 bridgehead atoms. The molecule has 0 saturated heterocycles. The molecule has 2 heterocycles. The number of carbonyl (C=O) groups excluding carboxylic acids is 1. The van der Waals surface area contributed by atoms with Gasteiger partial charge in [-0.1, -0.05) is 0 Å². The highest BCUT2D eigenvalue weighted by Gasteiger charge is 2.11. The standard InChI is InChI=1S/C10H7IOS2/c11-8-2-4-14-10(8)9(12)5-7-1-3-13-6-7/h1-4,6H,5H2. The molecule has 1 nitrogen and oxygen atoms in total. The Morgan fingerprint density at radius 2 is 2.21 bits per heavy atom. The van der Waals surface area contributed by atoms with Crippen LogP contribution in [0.15, 0.2) is 28.3 Å². The largest absolute Gasteiger partial charge is 0.293 e. The molecule has 4 heteroatoms. The lowest BCUT2D eigenvalue weighted by Crippen LogP contribution is -2.01. The lowest BCUT2D eigenvalue weighted by molar-refractivity contribution is 0.0996. The molecule has 0 aliphatic rings. The number of carbonyl (C=O) groups is 1. The summed E-state index contributed by atoms with van der Waals surface area (Å²) in [7, 11) is 0. The lowest BCUT2D eigenvalue weighted by Gasteiger charge is -1.96. The Morgan fingerprint density at radius 1 is 1.36 bits per heavy atom. The second-order valence-electron chi connectivity index (χ2n) is 2.83. The van der Waals surface area contributed by atoms with Gasteiger partial charge in [0, 0.05) is 9.99 Å². The van der Waals surface area contributed by atoms with Crippen LogP contribution in [0.5, 0.6) is 0 Å². The number of thiophene rings is 2. The topological polar surface area (TPSA) is 17.1 Å². The maximum atomic E-state index is 11.8. The van der Waals surface area contributed by atoms with E-state index in [9.17, 15) is 4.79 Å². The predicted molar refractivity (Wildman–Crippen MR) is 69.4 cm³/mol. The Hall–Kier alpha value is -0.200. The molecule has 2 rings (SSSR count). The van der Waals surface area contributed by atoms with Gasteiger partial charge >= 0.3 is 0 Å². The molecule has 0 N–H and O–H groups in total. The van der Waals surface area contributed by atoms with Crippen LogP contribution in [0, 0.1) is 3.57 Å². The molecule has 0 fully saturated rings. The van der Waals surface area contributed by atoms with Gasteiger partial charge in [0.2, 0.25) is 0 Å². The van der Waals surface area contributed by atoms with Crippen molar-refractivity contribution in [3.8, 4) is 0 Å². The highest BCUT2D eigenvalue weighted by molar-refractivity contribution is 14.1. The predicted octanol–water partition coefficient (Wildman–Crippen LogP) is 3.84.